The van der Waals surface area contributed by atoms with Crippen LogP contribution in [0.1, 0.15) is 33.4 Å². The molecule has 1 N–H and O–H groups in total. The minimum absolute atomic E-state index is 0.00400. The number of ether oxygens (including phenoxy) is 2. The molecule has 3 amide bonds. The summed E-state index contributed by atoms with van der Waals surface area (Å²) in [6.45, 7) is -0.329. The number of thiophene rings is 1. The second kappa shape index (κ2) is 10.7. The maximum absolute atomic E-state index is 14.2. The highest BCUT2D eigenvalue weighted by atomic mass is 35.5. The molecule has 0 aliphatic carbocycles. The average molecular weight is 600 g/mol. The number of nitrogens with zero attached hydrogens (tertiary/aromatic N) is 5. The quantitative estimate of drug-likeness (QED) is 0.428. The van der Waals surface area contributed by atoms with Crippen LogP contribution in [0, 0.1) is 0 Å². The Morgan fingerprint density at radius 2 is 1.98 bits per heavy atom. The van der Waals surface area contributed by atoms with Crippen molar-refractivity contribution >= 4 is 40.8 Å². The molecule has 3 aromatic rings. The maximum Gasteiger partial charge on any atom is 0.410 e. The van der Waals surface area contributed by atoms with Gasteiger partial charge in [0.15, 0.2) is 11.9 Å². The van der Waals surface area contributed by atoms with Gasteiger partial charge in [0.1, 0.15) is 18.3 Å². The number of aromatic nitrogens is 3. The summed E-state index contributed by atoms with van der Waals surface area (Å²) in [5.41, 5.74) is 0.0159. The summed E-state index contributed by atoms with van der Waals surface area (Å²) in [4.78, 5) is 44.9. The molecular weight excluding hydrogens is 579 g/mol. The van der Waals surface area contributed by atoms with E-state index in [0.29, 0.717) is 13.9 Å². The minimum atomic E-state index is -5.03. The number of urea groups is 1. The number of aliphatic hydroxyl groups excluding tert-OH is 1. The van der Waals surface area contributed by atoms with Gasteiger partial charge in [0.25, 0.3) is 5.91 Å². The van der Waals surface area contributed by atoms with Gasteiger partial charge in [0, 0.05) is 18.0 Å². The summed E-state index contributed by atoms with van der Waals surface area (Å²) in [6.07, 6.45) is -5.74. The number of β-amino-alcohol motifs (C(OH)–C–C–N with tert-alkyl or cyclic N) is 1. The lowest BCUT2D eigenvalue weighted by atomic mass is 9.86. The van der Waals surface area contributed by atoms with Crippen LogP contribution in [0.4, 0.5) is 18.0 Å². The first-order valence-electron chi connectivity index (χ1n) is 11.9. The molecule has 11 nitrogen and oxygen atoms in total. The van der Waals surface area contributed by atoms with Gasteiger partial charge in [0.05, 0.1) is 23.1 Å². The van der Waals surface area contributed by atoms with Gasteiger partial charge in [-0.15, -0.1) is 21.1 Å². The lowest BCUT2D eigenvalue weighted by Crippen LogP contribution is -2.69. The number of hydrogen-bond acceptors (Lipinski definition) is 9. The second-order valence-corrected chi connectivity index (χ2v) is 10.8. The molecule has 212 valence electrons. The van der Waals surface area contributed by atoms with Crippen LogP contribution in [0.15, 0.2) is 36.4 Å². The van der Waals surface area contributed by atoms with Crippen molar-refractivity contribution in [2.24, 2.45) is 0 Å². The Morgan fingerprint density at radius 1 is 1.23 bits per heavy atom. The first kappa shape index (κ1) is 27.9. The van der Waals surface area contributed by atoms with Crippen molar-refractivity contribution in [3.8, 4) is 11.8 Å². The summed E-state index contributed by atoms with van der Waals surface area (Å²) >= 11 is 7.13. The number of hydrogen-bond donors (Lipinski definition) is 1. The zero-order chi connectivity index (χ0) is 28.8. The molecule has 0 radical (unpaired) electrons. The SMILES string of the molecule is COc1ccccc1C(=O)n1nc(C2C(=O)N(C(=O)N3CCC(O)C3)C2C(F)(F)F)nc1OCc1ccc(Cl)s1. The largest absolute Gasteiger partial charge is 0.496 e. The fraction of sp³-hybridized carbons (Fsp3) is 0.375. The number of carbonyl (C=O) groups excluding carboxylic acids is 3. The number of benzene rings is 1. The molecule has 2 aromatic heterocycles. The number of para-hydroxylation sites is 1. The highest BCUT2D eigenvalue weighted by Gasteiger charge is 2.66. The van der Waals surface area contributed by atoms with E-state index in [9.17, 15) is 32.7 Å². The third-order valence-corrected chi connectivity index (χ3v) is 7.65. The van der Waals surface area contributed by atoms with E-state index in [1.54, 1.807) is 24.3 Å². The fourth-order valence-electron chi connectivity index (χ4n) is 4.53. The standard InChI is InChI=1S/C24H21ClF3N5O6S/c1-38-15-5-3-2-4-14(15)20(35)33-22(39-11-13-6-7-16(25)40-13)29-19(30-33)17-18(24(26,27)28)32(21(17)36)23(37)31-9-8-12(34)10-31/h2-7,12,17-18,34H,8-11H2,1H3. The van der Waals surface area contributed by atoms with Gasteiger partial charge in [-0.05, 0) is 30.7 Å². The Balaban J connectivity index is 1.50. The van der Waals surface area contributed by atoms with Crippen LogP contribution in [0.5, 0.6) is 11.8 Å². The van der Waals surface area contributed by atoms with E-state index in [2.05, 4.69) is 10.1 Å². The third kappa shape index (κ3) is 5.11. The van der Waals surface area contributed by atoms with E-state index in [-0.39, 0.29) is 42.3 Å². The van der Waals surface area contributed by atoms with Crippen LogP contribution in [-0.2, 0) is 11.4 Å². The number of carbonyl (C=O) groups is 3. The van der Waals surface area contributed by atoms with Crippen molar-refractivity contribution in [3.05, 3.63) is 57.0 Å². The van der Waals surface area contributed by atoms with Crippen LogP contribution < -0.4 is 9.47 Å². The lowest BCUT2D eigenvalue weighted by molar-refractivity contribution is -0.212. The van der Waals surface area contributed by atoms with E-state index >= 15 is 0 Å². The van der Waals surface area contributed by atoms with Crippen molar-refractivity contribution in [2.45, 2.75) is 37.3 Å². The van der Waals surface area contributed by atoms with Gasteiger partial charge in [0.2, 0.25) is 5.91 Å². The molecule has 4 heterocycles. The number of imide groups is 1. The van der Waals surface area contributed by atoms with Crippen LogP contribution in [0.2, 0.25) is 4.34 Å². The van der Waals surface area contributed by atoms with Crippen molar-refractivity contribution in [1.29, 1.82) is 0 Å². The Hall–Kier alpha value is -3.69. The van der Waals surface area contributed by atoms with Gasteiger partial charge in [-0.25, -0.2) is 9.69 Å². The Bertz CT molecular complexity index is 1460. The predicted molar refractivity (Wildman–Crippen MR) is 133 cm³/mol. The van der Waals surface area contributed by atoms with Crippen molar-refractivity contribution in [1.82, 2.24) is 24.6 Å². The Kier molecular flexibility index (Phi) is 7.46. The normalized spacial score (nSPS) is 20.9. The Labute approximate surface area is 233 Å². The molecule has 0 saturated carbocycles. The van der Waals surface area contributed by atoms with Crippen LogP contribution >= 0.6 is 22.9 Å². The topological polar surface area (TPSA) is 127 Å². The number of alkyl halides is 3. The monoisotopic (exact) mass is 599 g/mol. The highest BCUT2D eigenvalue weighted by molar-refractivity contribution is 7.16. The van der Waals surface area contributed by atoms with Crippen molar-refractivity contribution in [3.63, 3.8) is 0 Å². The first-order valence-corrected chi connectivity index (χ1v) is 13.1. The number of halogens is 4. The summed E-state index contributed by atoms with van der Waals surface area (Å²) in [5.74, 6) is -4.49. The molecule has 40 heavy (non-hydrogen) atoms. The number of likely N-dealkylation sites (tertiary alicyclic amines) is 2. The third-order valence-electron chi connectivity index (χ3n) is 6.45. The van der Waals surface area contributed by atoms with E-state index in [1.807, 2.05) is 0 Å². The number of aliphatic hydroxyl groups is 1. The molecule has 16 heteroatoms. The van der Waals surface area contributed by atoms with Gasteiger partial charge >= 0.3 is 18.2 Å². The lowest BCUT2D eigenvalue weighted by Gasteiger charge is -2.45. The van der Waals surface area contributed by atoms with Crippen LogP contribution in [0.3, 0.4) is 0 Å². The van der Waals surface area contributed by atoms with E-state index in [4.69, 9.17) is 21.1 Å². The van der Waals surface area contributed by atoms with Crippen molar-refractivity contribution < 1.29 is 42.1 Å². The van der Waals surface area contributed by atoms with Gasteiger partial charge in [-0.2, -0.15) is 18.2 Å². The Morgan fingerprint density at radius 3 is 2.60 bits per heavy atom. The first-order chi connectivity index (χ1) is 19.0. The van der Waals surface area contributed by atoms with Gasteiger partial charge < -0.3 is 19.5 Å². The zero-order valence-electron chi connectivity index (χ0n) is 20.7. The molecule has 0 bridgehead atoms. The van der Waals surface area contributed by atoms with Gasteiger partial charge in [-0.3, -0.25) is 9.59 Å². The summed E-state index contributed by atoms with van der Waals surface area (Å²) in [7, 11) is 1.34. The molecule has 0 spiro atoms. The average Bonchev–Trinajstić information content (AvgIpc) is 3.64. The summed E-state index contributed by atoms with van der Waals surface area (Å²) < 4.78 is 54.5. The predicted octanol–water partition coefficient (Wildman–Crippen LogP) is 3.31. The van der Waals surface area contributed by atoms with Crippen LogP contribution in [0.25, 0.3) is 0 Å². The molecule has 1 aromatic carbocycles. The number of β-lactam (4-membered cyclic amide) rings is 1. The maximum atomic E-state index is 14.2. The van der Waals surface area contributed by atoms with E-state index in [0.717, 1.165) is 4.90 Å². The molecule has 3 unspecified atom stereocenters. The molecule has 2 aliphatic rings. The number of rotatable bonds is 6. The van der Waals surface area contributed by atoms with Crippen molar-refractivity contribution in [2.75, 3.05) is 20.2 Å². The molecular formula is C24H21ClF3N5O6S. The molecule has 2 fully saturated rings. The molecule has 2 saturated heterocycles. The smallest absolute Gasteiger partial charge is 0.410 e. The van der Waals surface area contributed by atoms with Gasteiger partial charge in [-0.1, -0.05) is 23.7 Å². The zero-order valence-corrected chi connectivity index (χ0v) is 22.2. The summed E-state index contributed by atoms with van der Waals surface area (Å²) in [5, 5.41) is 13.6. The number of amides is 3. The molecule has 5 rings (SSSR count). The fourth-order valence-corrected chi connectivity index (χ4v) is 5.53. The second-order valence-electron chi connectivity index (χ2n) is 9.01. The molecule has 3 atom stereocenters. The minimum Gasteiger partial charge on any atom is -0.496 e. The number of methoxy groups -OCH3 is 1. The highest BCUT2D eigenvalue weighted by Crippen LogP contribution is 2.45. The summed E-state index contributed by atoms with van der Waals surface area (Å²) in [6, 6.07) is 5.16. The van der Waals surface area contributed by atoms with E-state index < -0.39 is 53.9 Å². The molecule has 2 aliphatic heterocycles. The van der Waals surface area contributed by atoms with E-state index in [1.165, 1.54) is 30.6 Å². The van der Waals surface area contributed by atoms with Crippen LogP contribution in [-0.4, -0.2) is 86.0 Å².